The number of carbonyl (C=O) groups excluding carboxylic acids is 1. The van der Waals surface area contributed by atoms with Crippen molar-refractivity contribution in [2.45, 2.75) is 32.7 Å². The molecule has 0 aromatic carbocycles. The smallest absolute Gasteiger partial charge is 0.276 e. The molecule has 1 amide bonds. The van der Waals surface area contributed by atoms with Gasteiger partial charge in [0.1, 0.15) is 5.76 Å². The molecule has 3 heterocycles. The molecular formula is C13H16N4O2. The Hall–Kier alpha value is -2.11. The molecule has 0 unspecified atom stereocenters. The lowest BCUT2D eigenvalue weighted by molar-refractivity contribution is 0.0723. The molecule has 2 aromatic heterocycles. The Morgan fingerprint density at radius 2 is 2.37 bits per heavy atom. The zero-order valence-electron chi connectivity index (χ0n) is 11.0. The van der Waals surface area contributed by atoms with Gasteiger partial charge in [0.05, 0.1) is 6.20 Å². The number of fused-ring (bicyclic) bond motifs is 1. The third-order valence-corrected chi connectivity index (χ3v) is 3.40. The van der Waals surface area contributed by atoms with Gasteiger partial charge in [0.15, 0.2) is 5.69 Å². The van der Waals surface area contributed by atoms with Crippen LogP contribution in [-0.4, -0.2) is 32.7 Å². The van der Waals surface area contributed by atoms with E-state index in [4.69, 9.17) is 4.52 Å². The van der Waals surface area contributed by atoms with Crippen molar-refractivity contribution in [3.05, 3.63) is 35.0 Å². The molecule has 19 heavy (non-hydrogen) atoms. The zero-order chi connectivity index (χ0) is 13.4. The van der Waals surface area contributed by atoms with Gasteiger partial charge in [-0.15, -0.1) is 0 Å². The minimum atomic E-state index is -0.0810. The monoisotopic (exact) mass is 260 g/mol. The van der Waals surface area contributed by atoms with Crippen molar-refractivity contribution in [2.24, 2.45) is 0 Å². The van der Waals surface area contributed by atoms with E-state index in [-0.39, 0.29) is 11.8 Å². The molecule has 1 aliphatic heterocycles. The van der Waals surface area contributed by atoms with Gasteiger partial charge in [-0.1, -0.05) is 19.0 Å². The molecule has 0 atom stereocenters. The largest absolute Gasteiger partial charge is 0.360 e. The summed E-state index contributed by atoms with van der Waals surface area (Å²) in [7, 11) is 0. The lowest BCUT2D eigenvalue weighted by Crippen LogP contribution is -2.35. The van der Waals surface area contributed by atoms with Crippen LogP contribution in [0.1, 0.15) is 47.3 Å². The van der Waals surface area contributed by atoms with Crippen molar-refractivity contribution in [1.82, 2.24) is 20.3 Å². The quantitative estimate of drug-likeness (QED) is 0.892. The van der Waals surface area contributed by atoms with Crippen LogP contribution in [0, 0.1) is 0 Å². The first kappa shape index (κ1) is 12.0. The number of aromatic nitrogens is 3. The van der Waals surface area contributed by atoms with Gasteiger partial charge in [0, 0.05) is 42.8 Å². The van der Waals surface area contributed by atoms with Crippen LogP contribution in [-0.2, 0) is 13.0 Å². The normalized spacial score (nSPS) is 14.8. The lowest BCUT2D eigenvalue weighted by atomic mass is 10.1. The molecule has 0 fully saturated rings. The van der Waals surface area contributed by atoms with Gasteiger partial charge in [-0.2, -0.15) is 5.10 Å². The Kier molecular flexibility index (Phi) is 2.85. The fourth-order valence-corrected chi connectivity index (χ4v) is 2.22. The third kappa shape index (κ3) is 2.14. The summed E-state index contributed by atoms with van der Waals surface area (Å²) >= 11 is 0. The summed E-state index contributed by atoms with van der Waals surface area (Å²) in [5, 5.41) is 10.8. The van der Waals surface area contributed by atoms with Gasteiger partial charge in [-0.3, -0.25) is 9.89 Å². The second kappa shape index (κ2) is 4.53. The van der Waals surface area contributed by atoms with Crippen molar-refractivity contribution in [3.8, 4) is 0 Å². The topological polar surface area (TPSA) is 75.0 Å². The second-order valence-electron chi connectivity index (χ2n) is 5.12. The van der Waals surface area contributed by atoms with E-state index in [1.807, 2.05) is 13.8 Å². The summed E-state index contributed by atoms with van der Waals surface area (Å²) < 4.78 is 5.18. The molecule has 0 saturated heterocycles. The maximum Gasteiger partial charge on any atom is 0.276 e. The van der Waals surface area contributed by atoms with E-state index in [9.17, 15) is 4.79 Å². The number of H-pyrrole nitrogens is 1. The summed E-state index contributed by atoms with van der Waals surface area (Å²) in [5.41, 5.74) is 2.58. The molecule has 2 aromatic rings. The SMILES string of the molecule is CC(C)c1cc(C(=O)N2CCc3[nH]ncc3C2)no1. The lowest BCUT2D eigenvalue weighted by Gasteiger charge is -2.25. The highest BCUT2D eigenvalue weighted by atomic mass is 16.5. The summed E-state index contributed by atoms with van der Waals surface area (Å²) in [6.45, 7) is 5.27. The third-order valence-electron chi connectivity index (χ3n) is 3.40. The molecule has 1 N–H and O–H groups in total. The molecule has 100 valence electrons. The van der Waals surface area contributed by atoms with Gasteiger partial charge in [-0.05, 0) is 0 Å². The average Bonchev–Trinajstić information content (AvgIpc) is 3.06. The number of rotatable bonds is 2. The minimum Gasteiger partial charge on any atom is -0.360 e. The molecule has 0 aliphatic carbocycles. The van der Waals surface area contributed by atoms with Crippen LogP contribution in [0.15, 0.2) is 16.8 Å². The van der Waals surface area contributed by atoms with E-state index < -0.39 is 0 Å². The number of hydrogen-bond acceptors (Lipinski definition) is 4. The van der Waals surface area contributed by atoms with E-state index in [0.717, 1.165) is 23.4 Å². The highest BCUT2D eigenvalue weighted by Gasteiger charge is 2.25. The molecule has 3 rings (SSSR count). The minimum absolute atomic E-state index is 0.0810. The van der Waals surface area contributed by atoms with Crippen molar-refractivity contribution < 1.29 is 9.32 Å². The van der Waals surface area contributed by atoms with Crippen LogP contribution in [0.25, 0.3) is 0 Å². The zero-order valence-corrected chi connectivity index (χ0v) is 11.0. The summed E-state index contributed by atoms with van der Waals surface area (Å²) in [6.07, 6.45) is 2.58. The van der Waals surface area contributed by atoms with Crippen LogP contribution in [0.5, 0.6) is 0 Å². The number of nitrogens with zero attached hydrogens (tertiary/aromatic N) is 3. The number of nitrogens with one attached hydrogen (secondary N) is 1. The highest BCUT2D eigenvalue weighted by Crippen LogP contribution is 2.20. The van der Waals surface area contributed by atoms with Crippen molar-refractivity contribution in [2.75, 3.05) is 6.54 Å². The van der Waals surface area contributed by atoms with Crippen LogP contribution < -0.4 is 0 Å². The van der Waals surface area contributed by atoms with Crippen molar-refractivity contribution >= 4 is 5.91 Å². The molecule has 6 heteroatoms. The maximum atomic E-state index is 12.3. The molecule has 0 saturated carbocycles. The Morgan fingerprint density at radius 1 is 1.53 bits per heavy atom. The molecule has 1 aliphatic rings. The van der Waals surface area contributed by atoms with E-state index in [2.05, 4.69) is 15.4 Å². The molecule has 0 spiro atoms. The van der Waals surface area contributed by atoms with Crippen LogP contribution in [0.3, 0.4) is 0 Å². The maximum absolute atomic E-state index is 12.3. The van der Waals surface area contributed by atoms with Crippen LogP contribution in [0.2, 0.25) is 0 Å². The molecule has 6 nitrogen and oxygen atoms in total. The Labute approximate surface area is 110 Å². The second-order valence-corrected chi connectivity index (χ2v) is 5.12. The van der Waals surface area contributed by atoms with E-state index >= 15 is 0 Å². The first-order chi connectivity index (χ1) is 9.15. The van der Waals surface area contributed by atoms with E-state index in [1.54, 1.807) is 17.2 Å². The molecule has 0 bridgehead atoms. The number of hydrogen-bond donors (Lipinski definition) is 1. The summed E-state index contributed by atoms with van der Waals surface area (Å²) in [4.78, 5) is 14.1. The average molecular weight is 260 g/mol. The Balaban J connectivity index is 1.77. The number of aromatic amines is 1. The van der Waals surface area contributed by atoms with Crippen molar-refractivity contribution in [1.29, 1.82) is 0 Å². The van der Waals surface area contributed by atoms with E-state index in [1.165, 1.54) is 0 Å². The Bertz CT molecular complexity index is 599. The van der Waals surface area contributed by atoms with Gasteiger partial charge in [0.25, 0.3) is 5.91 Å². The highest BCUT2D eigenvalue weighted by molar-refractivity contribution is 5.92. The summed E-state index contributed by atoms with van der Waals surface area (Å²) in [5.74, 6) is 0.891. The summed E-state index contributed by atoms with van der Waals surface area (Å²) in [6, 6.07) is 1.73. The van der Waals surface area contributed by atoms with Crippen LogP contribution >= 0.6 is 0 Å². The fraction of sp³-hybridized carbons (Fsp3) is 0.462. The number of carbonyl (C=O) groups is 1. The fourth-order valence-electron chi connectivity index (χ4n) is 2.22. The standard InChI is InChI=1S/C13H16N4O2/c1-8(2)12-5-11(16-19-12)13(18)17-4-3-10-9(7-17)6-14-15-10/h5-6,8H,3-4,7H2,1-2H3,(H,14,15). The number of amides is 1. The predicted octanol–water partition coefficient (Wildman–Crippen LogP) is 1.72. The molecular weight excluding hydrogens is 244 g/mol. The van der Waals surface area contributed by atoms with Gasteiger partial charge >= 0.3 is 0 Å². The first-order valence-electron chi connectivity index (χ1n) is 6.42. The van der Waals surface area contributed by atoms with Gasteiger partial charge in [-0.25, -0.2) is 0 Å². The van der Waals surface area contributed by atoms with Crippen LogP contribution in [0.4, 0.5) is 0 Å². The predicted molar refractivity (Wildman–Crippen MR) is 67.6 cm³/mol. The van der Waals surface area contributed by atoms with Gasteiger partial charge < -0.3 is 9.42 Å². The Morgan fingerprint density at radius 3 is 3.11 bits per heavy atom. The first-order valence-corrected chi connectivity index (χ1v) is 6.42. The van der Waals surface area contributed by atoms with Crippen molar-refractivity contribution in [3.63, 3.8) is 0 Å². The van der Waals surface area contributed by atoms with Gasteiger partial charge in [0.2, 0.25) is 0 Å². The molecule has 0 radical (unpaired) electrons. The van der Waals surface area contributed by atoms with E-state index in [0.29, 0.717) is 18.8 Å².